The van der Waals surface area contributed by atoms with Crippen LogP contribution in [0.15, 0.2) is 187 Å². The predicted octanol–water partition coefficient (Wildman–Crippen LogP) is 19.5. The van der Waals surface area contributed by atoms with Crippen LogP contribution in [0.3, 0.4) is 0 Å². The molecule has 0 atom stereocenters. The third-order valence-electron chi connectivity index (χ3n) is 12.7. The van der Waals surface area contributed by atoms with E-state index < -0.39 is 52.6 Å². The van der Waals surface area contributed by atoms with Gasteiger partial charge in [0.15, 0.2) is 0 Å². The summed E-state index contributed by atoms with van der Waals surface area (Å²) in [7, 11) is 0. The summed E-state index contributed by atoms with van der Waals surface area (Å²) in [5.41, 5.74) is 12.4. The van der Waals surface area contributed by atoms with Gasteiger partial charge in [-0.3, -0.25) is 0 Å². The molecular weight excluding hydrogens is 1190 g/mol. The van der Waals surface area contributed by atoms with E-state index in [0.29, 0.717) is 39.7 Å². The molecule has 2 heterocycles. The van der Waals surface area contributed by atoms with Crippen molar-refractivity contribution in [3.63, 3.8) is 0 Å². The Bertz CT molecular complexity index is 4290. The Morgan fingerprint density at radius 2 is 0.791 bits per heavy atom. The summed E-state index contributed by atoms with van der Waals surface area (Å²) < 4.78 is 34.4. The van der Waals surface area contributed by atoms with Crippen LogP contribution in [0, 0.1) is 0 Å². The first-order valence-corrected chi connectivity index (χ1v) is 30.7. The molecule has 10 aromatic rings. The number of fused-ring (bicyclic) bond motifs is 2. The molecule has 0 radical (unpaired) electrons. The molecule has 0 saturated heterocycles. The van der Waals surface area contributed by atoms with E-state index in [1.165, 1.54) is 9.40 Å². The van der Waals surface area contributed by atoms with E-state index >= 15 is 0 Å². The van der Waals surface area contributed by atoms with Gasteiger partial charge < -0.3 is 55.0 Å². The minimum Gasteiger partial charge on any atom is -0.508 e. The molecule has 2 aromatic heterocycles. The lowest BCUT2D eigenvalue weighted by molar-refractivity contribution is 0.00581. The van der Waals surface area contributed by atoms with Crippen molar-refractivity contribution in [1.82, 2.24) is 0 Å². The van der Waals surface area contributed by atoms with Gasteiger partial charge in [0.2, 0.25) is 0 Å². The molecule has 16 nitrogen and oxygen atoms in total. The molecule has 0 aliphatic carbocycles. The molecule has 0 fully saturated rings. The Morgan fingerprint density at radius 3 is 1.22 bits per heavy atom. The molecule has 0 aliphatic heterocycles. The van der Waals surface area contributed by atoms with Gasteiger partial charge in [-0.15, -0.1) is 22.7 Å². The fourth-order valence-corrected chi connectivity index (χ4v) is 10.5. The van der Waals surface area contributed by atoms with E-state index in [9.17, 15) is 34.2 Å². The summed E-state index contributed by atoms with van der Waals surface area (Å²) in [5, 5.41) is 32.1. The number of esters is 2. The second-order valence-electron chi connectivity index (χ2n) is 25.0. The standard InChI is InChI=1S/C30H31NO5S.C22H27NO5.C21H15NO3S/c1-29(2,3)35-27(32)24-12-10-20(18-25(24)31-22-11-13-26-21(16-22)14-15-37-26)19-8-7-9-23(17-19)34-28(33)36-30(4,5)6;1-21(2,3)27-19(24)17-11-10-15(13-18(17)23)14-8-7-9-16(12-14)26-20(25)28-22(4,5)6;23-17-3-1-2-13(11-17)14-4-6-18(21(24)25)19(12-14)22-16-5-7-20-15(10-16)8-9-26-20/h7-18,31H,1-6H3;7-13H,23H2,1-6H3;1-12,22-23H,(H,24,25). The molecular formula is C73H73N3O13S2. The number of nitrogens with one attached hydrogen (secondary N) is 2. The number of ether oxygens (including phenoxy) is 6. The largest absolute Gasteiger partial charge is 0.514 e. The Kier molecular flexibility index (Phi) is 20.6. The number of hydrogen-bond donors (Lipinski definition) is 5. The maximum absolute atomic E-state index is 13.0. The van der Waals surface area contributed by atoms with Crippen molar-refractivity contribution in [2.24, 2.45) is 0 Å². The number of nitrogen functional groups attached to an aromatic ring is 1. The number of carboxylic acids is 1. The predicted molar refractivity (Wildman–Crippen MR) is 363 cm³/mol. The number of hydrogen-bond acceptors (Lipinski definition) is 17. The van der Waals surface area contributed by atoms with Crippen LogP contribution in [-0.4, -0.2) is 62.8 Å². The molecule has 0 bridgehead atoms. The Labute approximate surface area is 537 Å². The van der Waals surface area contributed by atoms with Crippen molar-refractivity contribution >= 4 is 102 Å². The smallest absolute Gasteiger partial charge is 0.508 e. The van der Waals surface area contributed by atoms with Gasteiger partial charge >= 0.3 is 30.2 Å². The highest BCUT2D eigenvalue weighted by Gasteiger charge is 2.24. The van der Waals surface area contributed by atoms with E-state index in [2.05, 4.69) is 22.8 Å². The number of nitrogens with two attached hydrogens (primary N) is 1. The number of phenolic OH excluding ortho intramolecular Hbond substituents is 1. The van der Waals surface area contributed by atoms with Crippen LogP contribution >= 0.6 is 22.7 Å². The van der Waals surface area contributed by atoms with Crippen molar-refractivity contribution in [2.45, 2.75) is 105 Å². The molecule has 91 heavy (non-hydrogen) atoms. The van der Waals surface area contributed by atoms with Gasteiger partial charge in [-0.05, 0) is 259 Å². The first-order valence-electron chi connectivity index (χ1n) is 29.0. The van der Waals surface area contributed by atoms with Gasteiger partial charge in [0.1, 0.15) is 39.7 Å². The molecule has 10 rings (SSSR count). The fraction of sp³-hybridized carbons (Fsp3) is 0.219. The fourth-order valence-electron chi connectivity index (χ4n) is 8.91. The minimum atomic E-state index is -0.994. The highest BCUT2D eigenvalue weighted by Crippen LogP contribution is 2.36. The highest BCUT2D eigenvalue weighted by molar-refractivity contribution is 7.17. The molecule has 0 saturated carbocycles. The lowest BCUT2D eigenvalue weighted by Gasteiger charge is -2.21. The van der Waals surface area contributed by atoms with Crippen molar-refractivity contribution in [3.05, 3.63) is 203 Å². The van der Waals surface area contributed by atoms with Crippen LogP contribution in [-0.2, 0) is 18.9 Å². The van der Waals surface area contributed by atoms with Gasteiger partial charge in [-0.1, -0.05) is 54.6 Å². The number of rotatable bonds is 12. The molecule has 6 N–H and O–H groups in total. The number of carbonyl (C=O) groups is 5. The first-order chi connectivity index (χ1) is 42.8. The lowest BCUT2D eigenvalue weighted by Crippen LogP contribution is -2.26. The van der Waals surface area contributed by atoms with Crippen LogP contribution in [0.4, 0.5) is 38.0 Å². The number of aromatic hydroxyl groups is 1. The number of anilines is 5. The van der Waals surface area contributed by atoms with Gasteiger partial charge in [-0.2, -0.15) is 0 Å². The molecule has 18 heteroatoms. The zero-order valence-corrected chi connectivity index (χ0v) is 54.3. The van der Waals surface area contributed by atoms with Crippen molar-refractivity contribution in [3.8, 4) is 50.6 Å². The molecule has 0 spiro atoms. The number of aromatic carboxylic acids is 1. The average molecular weight is 1260 g/mol. The summed E-state index contributed by atoms with van der Waals surface area (Å²) in [4.78, 5) is 60.9. The normalized spacial score (nSPS) is 11.4. The van der Waals surface area contributed by atoms with Crippen molar-refractivity contribution in [2.75, 3.05) is 16.4 Å². The van der Waals surface area contributed by atoms with E-state index in [-0.39, 0.29) is 11.3 Å². The third kappa shape index (κ3) is 19.7. The molecule has 8 aromatic carbocycles. The second-order valence-corrected chi connectivity index (χ2v) is 26.9. The van der Waals surface area contributed by atoms with Gasteiger partial charge in [0.05, 0.1) is 28.1 Å². The number of carbonyl (C=O) groups excluding carboxylic acids is 4. The summed E-state index contributed by atoms with van der Waals surface area (Å²) in [6.45, 7) is 21.5. The Balaban J connectivity index is 0.000000179. The molecule has 0 unspecified atom stereocenters. The van der Waals surface area contributed by atoms with Crippen LogP contribution in [0.1, 0.15) is 114 Å². The average Bonchev–Trinajstić information content (AvgIpc) is 2.01. The first kappa shape index (κ1) is 66.8. The van der Waals surface area contributed by atoms with Gasteiger partial charge in [-0.25, -0.2) is 24.0 Å². The van der Waals surface area contributed by atoms with Crippen LogP contribution < -0.4 is 25.8 Å². The van der Waals surface area contributed by atoms with E-state index in [4.69, 9.17) is 34.2 Å². The maximum atomic E-state index is 13.0. The monoisotopic (exact) mass is 1260 g/mol. The van der Waals surface area contributed by atoms with E-state index in [1.54, 1.807) is 182 Å². The summed E-state index contributed by atoms with van der Waals surface area (Å²) in [6, 6.07) is 52.8. The second kappa shape index (κ2) is 28.1. The lowest BCUT2D eigenvalue weighted by atomic mass is 10.0. The minimum absolute atomic E-state index is 0.169. The SMILES string of the molecule is CC(C)(C)OC(=O)Oc1cccc(-c2ccc(C(=O)OC(C)(C)C)c(N)c2)c1.CC(C)(C)OC(=O)Oc1cccc(-c2ccc(C(=O)OC(C)(C)C)c(Nc3ccc4sccc4c3)c2)c1.O=C(O)c1ccc(-c2cccc(O)c2)cc1Nc1ccc2sccc2c1. The summed E-state index contributed by atoms with van der Waals surface area (Å²) in [5.74, 6) is -1.01. The number of carboxylic acid groups (broad SMARTS) is 1. The van der Waals surface area contributed by atoms with Crippen LogP contribution in [0.2, 0.25) is 0 Å². The summed E-state index contributed by atoms with van der Waals surface area (Å²) >= 11 is 3.34. The Morgan fingerprint density at radius 1 is 0.407 bits per heavy atom. The van der Waals surface area contributed by atoms with Gasteiger partial charge in [0.25, 0.3) is 0 Å². The van der Waals surface area contributed by atoms with Gasteiger partial charge in [0, 0.05) is 26.5 Å². The number of phenols is 1. The molecule has 0 amide bonds. The van der Waals surface area contributed by atoms with Crippen molar-refractivity contribution in [1.29, 1.82) is 0 Å². The zero-order chi connectivity index (χ0) is 66.0. The highest BCUT2D eigenvalue weighted by atomic mass is 32.1. The topological polar surface area (TPSA) is 231 Å². The van der Waals surface area contributed by atoms with Crippen molar-refractivity contribution < 1.29 is 62.6 Å². The molecule has 470 valence electrons. The quantitative estimate of drug-likeness (QED) is 0.0331. The third-order valence-corrected chi connectivity index (χ3v) is 14.5. The van der Waals surface area contributed by atoms with E-state index in [1.807, 2.05) is 98.3 Å². The number of thiophene rings is 2. The van der Waals surface area contributed by atoms with E-state index in [0.717, 1.165) is 55.5 Å². The summed E-state index contributed by atoms with van der Waals surface area (Å²) in [6.07, 6.45) is -1.54. The Hall–Kier alpha value is -10.2. The van der Waals surface area contributed by atoms with Crippen LogP contribution in [0.25, 0.3) is 53.6 Å². The zero-order valence-electron chi connectivity index (χ0n) is 52.7. The molecule has 0 aliphatic rings. The number of benzene rings is 8. The van der Waals surface area contributed by atoms with Crippen LogP contribution in [0.5, 0.6) is 17.2 Å². The maximum Gasteiger partial charge on any atom is 0.514 e.